The van der Waals surface area contributed by atoms with Crippen molar-refractivity contribution in [1.29, 1.82) is 0 Å². The first kappa shape index (κ1) is 28.1. The van der Waals surface area contributed by atoms with E-state index in [1.165, 1.54) is 77.5 Å². The second-order valence-corrected chi connectivity index (χ2v) is 14.3. The van der Waals surface area contributed by atoms with Crippen LogP contribution in [0.2, 0.25) is 0 Å². The Hall–Kier alpha value is -6.64. The molecule has 2 heterocycles. The zero-order valence-corrected chi connectivity index (χ0v) is 28.2. The molecule has 2 aliphatic rings. The fourth-order valence-electron chi connectivity index (χ4n) is 9.71. The van der Waals surface area contributed by atoms with Crippen LogP contribution in [0.5, 0.6) is 0 Å². The van der Waals surface area contributed by atoms with Gasteiger partial charge in [-0.25, -0.2) is 0 Å². The molecular formula is C50H30O2. The molecule has 242 valence electrons. The van der Waals surface area contributed by atoms with Gasteiger partial charge in [0.1, 0.15) is 22.3 Å². The molecule has 52 heavy (non-hydrogen) atoms. The molecule has 8 aromatic carbocycles. The number of furan rings is 2. The molecule has 2 aromatic heterocycles. The lowest BCUT2D eigenvalue weighted by Crippen LogP contribution is -2.25. The predicted molar refractivity (Wildman–Crippen MR) is 212 cm³/mol. The Morgan fingerprint density at radius 1 is 0.385 bits per heavy atom. The molecule has 10 aromatic rings. The van der Waals surface area contributed by atoms with Crippen molar-refractivity contribution in [2.75, 3.05) is 0 Å². The molecule has 2 heteroatoms. The van der Waals surface area contributed by atoms with Gasteiger partial charge in [0.05, 0.1) is 5.41 Å². The summed E-state index contributed by atoms with van der Waals surface area (Å²) in [6.07, 6.45) is 0.837. The zero-order chi connectivity index (χ0) is 34.0. The minimum atomic E-state index is -0.434. The molecule has 2 aliphatic carbocycles. The van der Waals surface area contributed by atoms with Gasteiger partial charge >= 0.3 is 0 Å². The third-order valence-electron chi connectivity index (χ3n) is 11.8. The van der Waals surface area contributed by atoms with E-state index in [1.807, 2.05) is 12.1 Å². The van der Waals surface area contributed by atoms with Crippen LogP contribution in [0.3, 0.4) is 0 Å². The number of hydrogen-bond acceptors (Lipinski definition) is 2. The van der Waals surface area contributed by atoms with Crippen molar-refractivity contribution in [3.63, 3.8) is 0 Å². The van der Waals surface area contributed by atoms with E-state index >= 15 is 0 Å². The van der Waals surface area contributed by atoms with Gasteiger partial charge in [0.25, 0.3) is 0 Å². The quantitative estimate of drug-likeness (QED) is 0.188. The first-order chi connectivity index (χ1) is 25.8. The second-order valence-electron chi connectivity index (χ2n) is 14.3. The standard InChI is InChI=1S/C50H30O2/c1-5-17-39-36(13-1)46-32(29-30-23-25-31(26-24-30)33-16-10-22-45-47(33)38-15-4-8-21-44(38)51-45)11-9-19-41(46)50(39)40-18-6-2-14-37(40)48-42(50)28-27-35-34-12-3-7-20-43(34)52-49(35)48/h1-28H,29H2. The normalized spacial score (nSPS) is 15.5. The highest BCUT2D eigenvalue weighted by molar-refractivity contribution is 6.14. The van der Waals surface area contributed by atoms with E-state index in [2.05, 4.69) is 158 Å². The lowest BCUT2D eigenvalue weighted by Gasteiger charge is -2.30. The molecule has 2 nitrogen and oxygen atoms in total. The van der Waals surface area contributed by atoms with Gasteiger partial charge in [0.2, 0.25) is 0 Å². The van der Waals surface area contributed by atoms with Crippen molar-refractivity contribution < 1.29 is 8.83 Å². The minimum Gasteiger partial charge on any atom is -0.456 e. The Bertz CT molecular complexity index is 3100. The third kappa shape index (κ3) is 3.53. The fraction of sp³-hybridized carbons (Fsp3) is 0.0400. The molecule has 12 rings (SSSR count). The molecular weight excluding hydrogens is 633 g/mol. The average Bonchev–Trinajstić information content (AvgIpc) is 3.93. The van der Waals surface area contributed by atoms with E-state index in [-0.39, 0.29) is 0 Å². The largest absolute Gasteiger partial charge is 0.456 e. The van der Waals surface area contributed by atoms with Gasteiger partial charge in [0, 0.05) is 27.1 Å². The maximum Gasteiger partial charge on any atom is 0.143 e. The van der Waals surface area contributed by atoms with E-state index in [9.17, 15) is 0 Å². The lowest BCUT2D eigenvalue weighted by molar-refractivity contribution is 0.668. The molecule has 1 spiro atoms. The van der Waals surface area contributed by atoms with Crippen molar-refractivity contribution >= 4 is 43.9 Å². The van der Waals surface area contributed by atoms with Crippen LogP contribution in [0.25, 0.3) is 77.3 Å². The average molecular weight is 663 g/mol. The van der Waals surface area contributed by atoms with Crippen LogP contribution in [-0.4, -0.2) is 0 Å². The van der Waals surface area contributed by atoms with E-state index in [0.29, 0.717) is 0 Å². The molecule has 0 amide bonds. The van der Waals surface area contributed by atoms with Gasteiger partial charge in [-0.3, -0.25) is 0 Å². The minimum absolute atomic E-state index is 0.434. The summed E-state index contributed by atoms with van der Waals surface area (Å²) in [5.74, 6) is 0. The SMILES string of the molecule is c1ccc2c(c1)-c1c(Cc3ccc(-c4cccc5oc6ccccc6c45)cc3)cccc1C21c2ccccc2-c2c1ccc1c2oc2ccccc21. The van der Waals surface area contributed by atoms with Crippen molar-refractivity contribution in [2.24, 2.45) is 0 Å². The summed E-state index contributed by atoms with van der Waals surface area (Å²) < 4.78 is 12.9. The summed E-state index contributed by atoms with van der Waals surface area (Å²) in [6, 6.07) is 61.9. The van der Waals surface area contributed by atoms with Crippen molar-refractivity contribution in [1.82, 2.24) is 0 Å². The molecule has 0 saturated heterocycles. The van der Waals surface area contributed by atoms with Gasteiger partial charge in [-0.15, -0.1) is 0 Å². The summed E-state index contributed by atoms with van der Waals surface area (Å²) in [5.41, 5.74) is 18.8. The Balaban J connectivity index is 1.03. The summed E-state index contributed by atoms with van der Waals surface area (Å²) in [4.78, 5) is 0. The first-order valence-corrected chi connectivity index (χ1v) is 18.1. The maximum atomic E-state index is 6.71. The Morgan fingerprint density at radius 2 is 0.981 bits per heavy atom. The van der Waals surface area contributed by atoms with Crippen LogP contribution >= 0.6 is 0 Å². The molecule has 0 bridgehead atoms. The highest BCUT2D eigenvalue weighted by Gasteiger charge is 2.52. The molecule has 0 aliphatic heterocycles. The molecule has 1 unspecified atom stereocenters. The number of hydrogen-bond donors (Lipinski definition) is 0. The number of fused-ring (bicyclic) bond motifs is 17. The Kier molecular flexibility index (Phi) is 5.52. The molecule has 0 fully saturated rings. The van der Waals surface area contributed by atoms with Gasteiger partial charge < -0.3 is 8.83 Å². The smallest absolute Gasteiger partial charge is 0.143 e. The lowest BCUT2D eigenvalue weighted by atomic mass is 9.70. The van der Waals surface area contributed by atoms with Crippen LogP contribution < -0.4 is 0 Å². The Morgan fingerprint density at radius 3 is 1.79 bits per heavy atom. The van der Waals surface area contributed by atoms with Crippen molar-refractivity contribution in [3.8, 4) is 33.4 Å². The van der Waals surface area contributed by atoms with E-state index in [4.69, 9.17) is 8.83 Å². The molecule has 1 atom stereocenters. The van der Waals surface area contributed by atoms with Crippen LogP contribution in [0.15, 0.2) is 179 Å². The van der Waals surface area contributed by atoms with Crippen LogP contribution in [-0.2, 0) is 11.8 Å². The molecule has 0 radical (unpaired) electrons. The first-order valence-electron chi connectivity index (χ1n) is 18.1. The highest BCUT2D eigenvalue weighted by atomic mass is 16.3. The van der Waals surface area contributed by atoms with Crippen LogP contribution in [0.4, 0.5) is 0 Å². The third-order valence-corrected chi connectivity index (χ3v) is 11.8. The van der Waals surface area contributed by atoms with Crippen LogP contribution in [0, 0.1) is 0 Å². The maximum absolute atomic E-state index is 6.71. The topological polar surface area (TPSA) is 26.3 Å². The monoisotopic (exact) mass is 662 g/mol. The van der Waals surface area contributed by atoms with Crippen molar-refractivity contribution in [2.45, 2.75) is 11.8 Å². The summed E-state index contributed by atoms with van der Waals surface area (Å²) >= 11 is 0. The number of benzene rings is 8. The summed E-state index contributed by atoms with van der Waals surface area (Å²) in [6.45, 7) is 0. The molecule has 0 saturated carbocycles. The van der Waals surface area contributed by atoms with Gasteiger partial charge in [-0.1, -0.05) is 152 Å². The summed E-state index contributed by atoms with van der Waals surface area (Å²) in [5, 5.41) is 4.66. The van der Waals surface area contributed by atoms with E-state index < -0.39 is 5.41 Å². The number of para-hydroxylation sites is 2. The van der Waals surface area contributed by atoms with Crippen molar-refractivity contribution in [3.05, 3.63) is 203 Å². The van der Waals surface area contributed by atoms with Gasteiger partial charge in [-0.2, -0.15) is 0 Å². The second kappa shape index (κ2) is 10.2. The van der Waals surface area contributed by atoms with Crippen LogP contribution in [0.1, 0.15) is 33.4 Å². The summed E-state index contributed by atoms with van der Waals surface area (Å²) in [7, 11) is 0. The number of rotatable bonds is 3. The van der Waals surface area contributed by atoms with E-state index in [1.54, 1.807) is 0 Å². The predicted octanol–water partition coefficient (Wildman–Crippen LogP) is 13.1. The molecule has 0 N–H and O–H groups in total. The van der Waals surface area contributed by atoms with Gasteiger partial charge in [0.15, 0.2) is 0 Å². The fourth-order valence-corrected chi connectivity index (χ4v) is 9.71. The Labute approximate surface area is 300 Å². The highest BCUT2D eigenvalue weighted by Crippen LogP contribution is 2.64. The zero-order valence-electron chi connectivity index (χ0n) is 28.2. The van der Waals surface area contributed by atoms with E-state index in [0.717, 1.165) is 39.5 Å². The van der Waals surface area contributed by atoms with Gasteiger partial charge in [-0.05, 0) is 85.8 Å².